The van der Waals surface area contributed by atoms with Gasteiger partial charge in [-0.15, -0.1) is 0 Å². The van der Waals surface area contributed by atoms with Crippen LogP contribution in [0, 0.1) is 0 Å². The van der Waals surface area contributed by atoms with Crippen LogP contribution >= 0.6 is 0 Å². The van der Waals surface area contributed by atoms with Crippen molar-refractivity contribution in [1.82, 2.24) is 5.32 Å². The molecule has 0 unspecified atom stereocenters. The lowest BCUT2D eigenvalue weighted by molar-refractivity contribution is 0.291. The molecule has 2 aliphatic heterocycles. The summed E-state index contributed by atoms with van der Waals surface area (Å²) in [6.45, 7) is 6.05. The Kier molecular flexibility index (Phi) is 3.65. The molecule has 0 aliphatic carbocycles. The SMILES string of the molecule is CCC1(c2ccc3c(c2)OCCCO3)CCNCC1. The van der Waals surface area contributed by atoms with Gasteiger partial charge in [0.15, 0.2) is 11.5 Å². The first-order valence-electron chi connectivity index (χ1n) is 7.45. The molecule has 0 aromatic heterocycles. The molecule has 1 fully saturated rings. The predicted molar refractivity (Wildman–Crippen MR) is 76.1 cm³/mol. The van der Waals surface area contributed by atoms with Crippen molar-refractivity contribution in [2.45, 2.75) is 38.0 Å². The second-order valence-corrected chi connectivity index (χ2v) is 5.60. The third-order valence-electron chi connectivity index (χ3n) is 4.60. The first kappa shape index (κ1) is 12.8. The summed E-state index contributed by atoms with van der Waals surface area (Å²) in [6.07, 6.45) is 4.58. The van der Waals surface area contributed by atoms with Gasteiger partial charge in [0.05, 0.1) is 13.2 Å². The van der Waals surface area contributed by atoms with Crippen LogP contribution < -0.4 is 14.8 Å². The number of rotatable bonds is 2. The highest BCUT2D eigenvalue weighted by atomic mass is 16.5. The van der Waals surface area contributed by atoms with Gasteiger partial charge in [0, 0.05) is 6.42 Å². The van der Waals surface area contributed by atoms with Gasteiger partial charge in [-0.25, -0.2) is 0 Å². The first-order chi connectivity index (χ1) is 9.34. The van der Waals surface area contributed by atoms with Gasteiger partial charge in [0.1, 0.15) is 0 Å². The summed E-state index contributed by atoms with van der Waals surface area (Å²) in [5.41, 5.74) is 1.73. The van der Waals surface area contributed by atoms with Crippen LogP contribution in [-0.4, -0.2) is 26.3 Å². The van der Waals surface area contributed by atoms with E-state index in [1.807, 2.05) is 0 Å². The zero-order valence-corrected chi connectivity index (χ0v) is 11.7. The van der Waals surface area contributed by atoms with Crippen LogP contribution in [0.15, 0.2) is 18.2 Å². The summed E-state index contributed by atoms with van der Waals surface area (Å²) in [4.78, 5) is 0. The lowest BCUT2D eigenvalue weighted by Crippen LogP contribution is -2.39. The molecule has 1 aromatic rings. The minimum absolute atomic E-state index is 0.315. The molecule has 0 spiro atoms. The molecule has 0 bridgehead atoms. The summed E-state index contributed by atoms with van der Waals surface area (Å²) in [5.74, 6) is 1.84. The zero-order chi connectivity index (χ0) is 13.1. The molecule has 3 heteroatoms. The van der Waals surface area contributed by atoms with Crippen LogP contribution in [0.5, 0.6) is 11.5 Å². The molecular weight excluding hydrogens is 238 g/mol. The number of piperidine rings is 1. The van der Waals surface area contributed by atoms with Crippen molar-refractivity contribution < 1.29 is 9.47 Å². The number of fused-ring (bicyclic) bond motifs is 1. The van der Waals surface area contributed by atoms with Crippen molar-refractivity contribution in [2.75, 3.05) is 26.3 Å². The van der Waals surface area contributed by atoms with Crippen LogP contribution in [0.25, 0.3) is 0 Å². The third kappa shape index (κ3) is 2.44. The predicted octanol–water partition coefficient (Wildman–Crippen LogP) is 2.88. The highest BCUT2D eigenvalue weighted by molar-refractivity contribution is 5.45. The Labute approximate surface area is 115 Å². The second-order valence-electron chi connectivity index (χ2n) is 5.60. The fourth-order valence-corrected chi connectivity index (χ4v) is 3.24. The Hall–Kier alpha value is -1.22. The average Bonchev–Trinajstić information content (AvgIpc) is 2.72. The van der Waals surface area contributed by atoms with E-state index in [-0.39, 0.29) is 0 Å². The molecule has 1 aromatic carbocycles. The second kappa shape index (κ2) is 5.41. The maximum Gasteiger partial charge on any atom is 0.161 e. The van der Waals surface area contributed by atoms with Gasteiger partial charge in [-0.05, 0) is 55.5 Å². The summed E-state index contributed by atoms with van der Waals surface area (Å²) in [7, 11) is 0. The Morgan fingerprint density at radius 3 is 2.58 bits per heavy atom. The van der Waals surface area contributed by atoms with Crippen LogP contribution in [0.2, 0.25) is 0 Å². The van der Waals surface area contributed by atoms with Gasteiger partial charge in [0.2, 0.25) is 0 Å². The highest BCUT2D eigenvalue weighted by Gasteiger charge is 2.32. The minimum Gasteiger partial charge on any atom is -0.490 e. The summed E-state index contributed by atoms with van der Waals surface area (Å²) in [6, 6.07) is 6.55. The molecule has 1 N–H and O–H groups in total. The monoisotopic (exact) mass is 261 g/mol. The van der Waals surface area contributed by atoms with Crippen molar-refractivity contribution in [3.63, 3.8) is 0 Å². The number of benzene rings is 1. The molecule has 104 valence electrons. The van der Waals surface area contributed by atoms with E-state index >= 15 is 0 Å². The Morgan fingerprint density at radius 2 is 1.84 bits per heavy atom. The summed E-state index contributed by atoms with van der Waals surface area (Å²) >= 11 is 0. The van der Waals surface area contributed by atoms with Crippen molar-refractivity contribution in [1.29, 1.82) is 0 Å². The normalized spacial score (nSPS) is 21.7. The number of nitrogens with one attached hydrogen (secondary N) is 1. The first-order valence-corrected chi connectivity index (χ1v) is 7.45. The van der Waals surface area contributed by atoms with E-state index in [0.717, 1.165) is 44.2 Å². The van der Waals surface area contributed by atoms with E-state index in [2.05, 4.69) is 30.4 Å². The number of hydrogen-bond donors (Lipinski definition) is 1. The van der Waals surface area contributed by atoms with Crippen molar-refractivity contribution in [2.24, 2.45) is 0 Å². The van der Waals surface area contributed by atoms with Crippen molar-refractivity contribution in [3.05, 3.63) is 23.8 Å². The molecule has 0 amide bonds. The fourth-order valence-electron chi connectivity index (χ4n) is 3.24. The highest BCUT2D eigenvalue weighted by Crippen LogP contribution is 2.41. The van der Waals surface area contributed by atoms with E-state index in [9.17, 15) is 0 Å². The van der Waals surface area contributed by atoms with E-state index in [1.165, 1.54) is 24.8 Å². The fraction of sp³-hybridized carbons (Fsp3) is 0.625. The number of ether oxygens (including phenoxy) is 2. The smallest absolute Gasteiger partial charge is 0.161 e. The van der Waals surface area contributed by atoms with E-state index in [0.29, 0.717) is 5.41 Å². The van der Waals surface area contributed by atoms with Crippen LogP contribution in [0.4, 0.5) is 0 Å². The molecule has 1 saturated heterocycles. The van der Waals surface area contributed by atoms with Gasteiger partial charge < -0.3 is 14.8 Å². The van der Waals surface area contributed by atoms with Crippen molar-refractivity contribution in [3.8, 4) is 11.5 Å². The average molecular weight is 261 g/mol. The molecule has 0 atom stereocenters. The molecule has 3 nitrogen and oxygen atoms in total. The number of hydrogen-bond acceptors (Lipinski definition) is 3. The summed E-state index contributed by atoms with van der Waals surface area (Å²) in [5, 5.41) is 3.46. The lowest BCUT2D eigenvalue weighted by atomic mass is 9.71. The maximum atomic E-state index is 5.83. The Balaban J connectivity index is 1.93. The van der Waals surface area contributed by atoms with Crippen LogP contribution in [0.3, 0.4) is 0 Å². The largest absolute Gasteiger partial charge is 0.490 e. The Morgan fingerprint density at radius 1 is 1.11 bits per heavy atom. The maximum absolute atomic E-state index is 5.83. The summed E-state index contributed by atoms with van der Waals surface area (Å²) < 4.78 is 11.5. The van der Waals surface area contributed by atoms with E-state index in [1.54, 1.807) is 0 Å². The van der Waals surface area contributed by atoms with Gasteiger partial charge >= 0.3 is 0 Å². The van der Waals surface area contributed by atoms with E-state index in [4.69, 9.17) is 9.47 Å². The zero-order valence-electron chi connectivity index (χ0n) is 11.7. The quantitative estimate of drug-likeness (QED) is 0.888. The standard InChI is InChI=1S/C16H23NO2/c1-2-16(6-8-17-9-7-16)13-4-5-14-15(12-13)19-11-3-10-18-14/h4-5,12,17H,2-3,6-11H2,1H3. The van der Waals surface area contributed by atoms with Crippen LogP contribution in [-0.2, 0) is 5.41 Å². The molecule has 0 radical (unpaired) electrons. The molecule has 0 saturated carbocycles. The van der Waals surface area contributed by atoms with E-state index < -0.39 is 0 Å². The van der Waals surface area contributed by atoms with Gasteiger partial charge in [-0.2, -0.15) is 0 Å². The third-order valence-corrected chi connectivity index (χ3v) is 4.60. The van der Waals surface area contributed by atoms with Crippen molar-refractivity contribution >= 4 is 0 Å². The lowest BCUT2D eigenvalue weighted by Gasteiger charge is -2.37. The van der Waals surface area contributed by atoms with Gasteiger partial charge in [-0.3, -0.25) is 0 Å². The van der Waals surface area contributed by atoms with Gasteiger partial charge in [-0.1, -0.05) is 13.0 Å². The minimum atomic E-state index is 0.315. The molecule has 2 aliphatic rings. The molecular formula is C16H23NO2. The molecule has 3 rings (SSSR count). The topological polar surface area (TPSA) is 30.5 Å². The van der Waals surface area contributed by atoms with Gasteiger partial charge in [0.25, 0.3) is 0 Å². The van der Waals surface area contributed by atoms with Crippen LogP contribution in [0.1, 0.15) is 38.2 Å². The molecule has 2 heterocycles. The molecule has 19 heavy (non-hydrogen) atoms. The Bertz CT molecular complexity index is 438.